The number of halogens is 1. The summed E-state index contributed by atoms with van der Waals surface area (Å²) in [4.78, 5) is 0. The quantitative estimate of drug-likeness (QED) is 0.437. The summed E-state index contributed by atoms with van der Waals surface area (Å²) in [5, 5.41) is 9.63. The molecular formula is C14H24ClNOSi. The fourth-order valence-electron chi connectivity index (χ4n) is 2.68. The molecular weight excluding hydrogens is 262 g/mol. The molecule has 1 aliphatic rings. The van der Waals surface area contributed by atoms with Gasteiger partial charge in [0.15, 0.2) is 8.32 Å². The first-order valence-electron chi connectivity index (χ1n) is 6.59. The zero-order valence-electron chi connectivity index (χ0n) is 11.9. The minimum Gasteiger partial charge on any atom is -0.400 e. The number of nitrogens with zero attached hydrogens (tertiary/aromatic N) is 1. The number of hydrogen-bond donors (Lipinski definition) is 0. The normalized spacial score (nSPS) is 32.9. The summed E-state index contributed by atoms with van der Waals surface area (Å²) >= 11 is 5.88. The summed E-state index contributed by atoms with van der Waals surface area (Å²) in [6.45, 7) is 12.6. The van der Waals surface area contributed by atoms with E-state index in [0.29, 0.717) is 11.8 Å². The topological polar surface area (TPSA) is 33.0 Å². The third-order valence-electron chi connectivity index (χ3n) is 3.72. The smallest absolute Gasteiger partial charge is 0.185 e. The van der Waals surface area contributed by atoms with Crippen LogP contribution in [0.2, 0.25) is 19.6 Å². The Labute approximate surface area is 117 Å². The largest absolute Gasteiger partial charge is 0.400 e. The molecule has 0 N–H and O–H groups in total. The maximum Gasteiger partial charge on any atom is 0.185 e. The maximum atomic E-state index is 9.63. The third kappa shape index (κ3) is 3.60. The maximum absolute atomic E-state index is 9.63. The van der Waals surface area contributed by atoms with Crippen molar-refractivity contribution in [3.8, 4) is 6.07 Å². The molecule has 102 valence electrons. The lowest BCUT2D eigenvalue weighted by molar-refractivity contribution is 0.0121. The Morgan fingerprint density at radius 3 is 2.56 bits per heavy atom. The summed E-state index contributed by atoms with van der Waals surface area (Å²) in [6, 6.07) is 2.46. The molecule has 1 rings (SSSR count). The highest BCUT2D eigenvalue weighted by Gasteiger charge is 2.46. The van der Waals surface area contributed by atoms with Gasteiger partial charge in [-0.15, -0.1) is 11.6 Å². The van der Waals surface area contributed by atoms with Crippen molar-refractivity contribution < 1.29 is 4.43 Å². The van der Waals surface area contributed by atoms with E-state index in [9.17, 15) is 5.26 Å². The van der Waals surface area contributed by atoms with Gasteiger partial charge in [-0.3, -0.25) is 0 Å². The van der Waals surface area contributed by atoms with Gasteiger partial charge in [-0.25, -0.2) is 0 Å². The van der Waals surface area contributed by atoms with Crippen LogP contribution in [0.3, 0.4) is 0 Å². The van der Waals surface area contributed by atoms with Crippen LogP contribution in [-0.2, 0) is 4.43 Å². The van der Waals surface area contributed by atoms with Crippen LogP contribution in [0.4, 0.5) is 0 Å². The van der Waals surface area contributed by atoms with Crippen LogP contribution >= 0.6 is 11.6 Å². The second-order valence-electron chi connectivity index (χ2n) is 6.39. The first-order valence-corrected chi connectivity index (χ1v) is 10.5. The van der Waals surface area contributed by atoms with Gasteiger partial charge in [0.05, 0.1) is 6.07 Å². The number of rotatable bonds is 4. The van der Waals surface area contributed by atoms with Crippen LogP contribution in [-0.4, -0.2) is 19.8 Å². The molecule has 0 aromatic carbocycles. The lowest BCUT2D eigenvalue weighted by Gasteiger charge is -2.44. The summed E-state index contributed by atoms with van der Waals surface area (Å²) < 4.78 is 6.25. The van der Waals surface area contributed by atoms with E-state index >= 15 is 0 Å². The molecule has 2 nitrogen and oxygen atoms in total. The minimum atomic E-state index is -1.74. The zero-order chi connectivity index (χ0) is 14.0. The molecule has 2 unspecified atom stereocenters. The van der Waals surface area contributed by atoms with Crippen molar-refractivity contribution in [3.05, 3.63) is 12.2 Å². The van der Waals surface area contributed by atoms with Crippen molar-refractivity contribution >= 4 is 19.9 Å². The molecule has 1 aliphatic carbocycles. The molecule has 1 saturated carbocycles. The van der Waals surface area contributed by atoms with Crippen molar-refractivity contribution in [1.82, 2.24) is 0 Å². The van der Waals surface area contributed by atoms with Gasteiger partial charge >= 0.3 is 0 Å². The molecule has 0 saturated heterocycles. The average Bonchev–Trinajstić information content (AvgIpc) is 2.29. The summed E-state index contributed by atoms with van der Waals surface area (Å²) in [5.74, 6) is 1.09. The highest BCUT2D eigenvalue weighted by atomic mass is 35.5. The van der Waals surface area contributed by atoms with Gasteiger partial charge in [0.1, 0.15) is 5.60 Å². The number of alkyl halides is 1. The van der Waals surface area contributed by atoms with Gasteiger partial charge in [0.25, 0.3) is 0 Å². The molecule has 0 radical (unpaired) electrons. The minimum absolute atomic E-state index is 0.286. The van der Waals surface area contributed by atoms with E-state index in [4.69, 9.17) is 16.0 Å². The first kappa shape index (κ1) is 15.8. The number of allylic oxidation sites excluding steroid dienone is 1. The van der Waals surface area contributed by atoms with Crippen molar-refractivity contribution in [3.63, 3.8) is 0 Å². The molecule has 0 spiro atoms. The lowest BCUT2D eigenvalue weighted by atomic mass is 9.70. The van der Waals surface area contributed by atoms with Gasteiger partial charge in [0, 0.05) is 5.88 Å². The Bertz CT molecular complexity index is 358. The molecule has 0 heterocycles. The van der Waals surface area contributed by atoms with Crippen LogP contribution in [0, 0.1) is 23.2 Å². The van der Waals surface area contributed by atoms with E-state index in [2.05, 4.69) is 39.2 Å². The Balaban J connectivity index is 2.94. The Morgan fingerprint density at radius 2 is 2.11 bits per heavy atom. The van der Waals surface area contributed by atoms with Gasteiger partial charge < -0.3 is 4.43 Å². The van der Waals surface area contributed by atoms with Crippen molar-refractivity contribution in [1.29, 1.82) is 5.26 Å². The molecule has 0 bridgehead atoms. The van der Waals surface area contributed by atoms with E-state index in [-0.39, 0.29) is 5.92 Å². The Hall–Kier alpha value is -0.303. The number of hydrogen-bond acceptors (Lipinski definition) is 2. The molecule has 0 aromatic heterocycles. The van der Waals surface area contributed by atoms with E-state index in [1.54, 1.807) is 0 Å². The third-order valence-corrected chi connectivity index (χ3v) is 5.04. The zero-order valence-corrected chi connectivity index (χ0v) is 13.7. The highest BCUT2D eigenvalue weighted by Crippen LogP contribution is 2.43. The molecule has 0 amide bonds. The predicted molar refractivity (Wildman–Crippen MR) is 79.1 cm³/mol. The average molecular weight is 286 g/mol. The molecule has 18 heavy (non-hydrogen) atoms. The summed E-state index contributed by atoms with van der Waals surface area (Å²) in [5.41, 5.74) is 0.407. The van der Waals surface area contributed by atoms with E-state index < -0.39 is 13.9 Å². The Kier molecular flexibility index (Phi) is 5.05. The molecule has 4 heteroatoms. The van der Waals surface area contributed by atoms with Crippen molar-refractivity contribution in [2.24, 2.45) is 11.8 Å². The van der Waals surface area contributed by atoms with Crippen molar-refractivity contribution in [2.75, 3.05) is 5.88 Å². The van der Waals surface area contributed by atoms with Crippen LogP contribution < -0.4 is 0 Å². The fourth-order valence-corrected chi connectivity index (χ4v) is 4.32. The standard InChI is InChI=1S/C14H24ClNOSi/c1-11(9-15)13-7-6-12(2)14(8-13,10-16)17-18(3,4)5/h12-13H,1,6-9H2,2-5H3/t12?,13-,14?/m1/s1. The van der Waals surface area contributed by atoms with Gasteiger partial charge in [0.2, 0.25) is 0 Å². The second kappa shape index (κ2) is 5.77. The number of nitriles is 1. The van der Waals surface area contributed by atoms with Gasteiger partial charge in [-0.1, -0.05) is 19.1 Å². The fraction of sp³-hybridized carbons (Fsp3) is 0.786. The van der Waals surface area contributed by atoms with Gasteiger partial charge in [-0.2, -0.15) is 5.26 Å². The summed E-state index contributed by atoms with van der Waals surface area (Å²) in [7, 11) is -1.74. The van der Waals surface area contributed by atoms with Crippen molar-refractivity contribution in [2.45, 2.75) is 51.4 Å². The molecule has 0 aliphatic heterocycles. The van der Waals surface area contributed by atoms with E-state index in [1.807, 2.05) is 0 Å². The molecule has 0 aromatic rings. The SMILES string of the molecule is C=C(CCl)[C@@H]1CCC(C)C(C#N)(O[Si](C)(C)C)C1. The van der Waals surface area contributed by atoms with Crippen LogP contribution in [0.15, 0.2) is 12.2 Å². The summed E-state index contributed by atoms with van der Waals surface area (Å²) in [6.07, 6.45) is 2.84. The monoisotopic (exact) mass is 285 g/mol. The predicted octanol–water partition coefficient (Wildman–Crippen LogP) is 4.33. The highest BCUT2D eigenvalue weighted by molar-refractivity contribution is 6.69. The van der Waals surface area contributed by atoms with Gasteiger partial charge in [-0.05, 0) is 50.7 Å². The van der Waals surface area contributed by atoms with Crippen LogP contribution in [0.1, 0.15) is 26.2 Å². The Morgan fingerprint density at radius 1 is 1.50 bits per heavy atom. The first-order chi connectivity index (χ1) is 8.24. The van der Waals surface area contributed by atoms with Crippen LogP contribution in [0.5, 0.6) is 0 Å². The second-order valence-corrected chi connectivity index (χ2v) is 11.1. The van der Waals surface area contributed by atoms with Crippen LogP contribution in [0.25, 0.3) is 0 Å². The lowest BCUT2D eigenvalue weighted by Crippen LogP contribution is -2.50. The van der Waals surface area contributed by atoms with E-state index in [1.165, 1.54) is 0 Å². The van der Waals surface area contributed by atoms with E-state index in [0.717, 1.165) is 24.8 Å². The molecule has 1 fully saturated rings. The molecule has 3 atom stereocenters.